The first kappa shape index (κ1) is 17.4. The van der Waals surface area contributed by atoms with Gasteiger partial charge in [-0.15, -0.1) is 0 Å². The fourth-order valence-electron chi connectivity index (χ4n) is 3.57. The molecule has 1 aliphatic heterocycles. The Bertz CT molecular complexity index is 923. The van der Waals surface area contributed by atoms with Gasteiger partial charge in [-0.1, -0.05) is 48.5 Å². The average molecular weight is 358 g/mol. The van der Waals surface area contributed by atoms with Crippen molar-refractivity contribution in [2.45, 2.75) is 25.7 Å². The van der Waals surface area contributed by atoms with Crippen molar-refractivity contribution >= 4 is 11.6 Å². The van der Waals surface area contributed by atoms with Gasteiger partial charge < -0.3 is 0 Å². The molecule has 2 aromatic carbocycles. The van der Waals surface area contributed by atoms with E-state index in [0.29, 0.717) is 6.61 Å². The zero-order valence-electron chi connectivity index (χ0n) is 15.3. The number of hydrogen-bond acceptors (Lipinski definition) is 3. The Morgan fingerprint density at radius 2 is 1.74 bits per heavy atom. The van der Waals surface area contributed by atoms with Crippen LogP contribution in [0.15, 0.2) is 72.9 Å². The third-order valence-electron chi connectivity index (χ3n) is 4.88. The van der Waals surface area contributed by atoms with Gasteiger partial charge in [0, 0.05) is 11.9 Å². The van der Waals surface area contributed by atoms with Crippen molar-refractivity contribution < 1.29 is 9.63 Å². The van der Waals surface area contributed by atoms with Gasteiger partial charge in [-0.05, 0) is 54.7 Å². The van der Waals surface area contributed by atoms with Gasteiger partial charge in [0.05, 0.1) is 18.2 Å². The molecule has 0 spiro atoms. The summed E-state index contributed by atoms with van der Waals surface area (Å²) in [5.41, 5.74) is 5.17. The lowest BCUT2D eigenvalue weighted by Gasteiger charge is -2.16. The van der Waals surface area contributed by atoms with Crippen LogP contribution in [0.1, 0.15) is 35.2 Å². The van der Waals surface area contributed by atoms with Crippen molar-refractivity contribution in [3.63, 3.8) is 0 Å². The molecule has 0 N–H and O–H groups in total. The number of anilines is 1. The third kappa shape index (κ3) is 3.49. The summed E-state index contributed by atoms with van der Waals surface area (Å²) in [5.74, 6) is -0.336. The van der Waals surface area contributed by atoms with Crippen LogP contribution in [0.4, 0.5) is 5.69 Å². The predicted molar refractivity (Wildman–Crippen MR) is 105 cm³/mol. The lowest BCUT2D eigenvalue weighted by molar-refractivity contribution is -0.125. The molecule has 0 fully saturated rings. The molecule has 27 heavy (non-hydrogen) atoms. The monoisotopic (exact) mass is 358 g/mol. The smallest absolute Gasteiger partial charge is 0.262 e. The van der Waals surface area contributed by atoms with E-state index in [-0.39, 0.29) is 11.8 Å². The molecule has 0 saturated heterocycles. The number of benzene rings is 2. The number of hydroxylamine groups is 1. The molecular weight excluding hydrogens is 336 g/mol. The van der Waals surface area contributed by atoms with Crippen molar-refractivity contribution in [1.29, 1.82) is 0 Å². The van der Waals surface area contributed by atoms with Gasteiger partial charge >= 0.3 is 0 Å². The molecule has 4 rings (SSSR count). The first-order chi connectivity index (χ1) is 13.3. The molecule has 2 heterocycles. The molecule has 0 saturated carbocycles. The fraction of sp³-hybridized carbons (Fsp3) is 0.217. The third-order valence-corrected chi connectivity index (χ3v) is 4.88. The SMILES string of the molecule is CCON1C(=O)C(c2ccc(CCc3ccccn3)cc2)c2ccccc21. The zero-order valence-corrected chi connectivity index (χ0v) is 15.3. The molecule has 1 amide bonds. The van der Waals surface area contributed by atoms with E-state index in [9.17, 15) is 4.79 Å². The Labute approximate surface area is 159 Å². The topological polar surface area (TPSA) is 42.4 Å². The lowest BCUT2D eigenvalue weighted by atomic mass is 9.91. The molecule has 4 heteroatoms. The minimum absolute atomic E-state index is 0.0284. The van der Waals surface area contributed by atoms with Crippen LogP contribution in [0.2, 0.25) is 0 Å². The average Bonchev–Trinajstić information content (AvgIpc) is 3.00. The van der Waals surface area contributed by atoms with Gasteiger partial charge in [0.25, 0.3) is 5.91 Å². The van der Waals surface area contributed by atoms with Crippen molar-refractivity contribution in [2.24, 2.45) is 0 Å². The Kier molecular flexibility index (Phi) is 4.99. The number of carbonyl (C=O) groups excluding carboxylic acids is 1. The summed E-state index contributed by atoms with van der Waals surface area (Å²) in [6.07, 6.45) is 3.66. The van der Waals surface area contributed by atoms with Crippen molar-refractivity contribution in [1.82, 2.24) is 4.98 Å². The first-order valence-corrected chi connectivity index (χ1v) is 9.32. The number of pyridine rings is 1. The summed E-state index contributed by atoms with van der Waals surface area (Å²) in [5, 5.41) is 1.44. The number of aryl methyl sites for hydroxylation is 2. The van der Waals surface area contributed by atoms with E-state index in [0.717, 1.165) is 35.3 Å². The second-order valence-electron chi connectivity index (χ2n) is 6.60. The number of aromatic nitrogens is 1. The second kappa shape index (κ2) is 7.72. The summed E-state index contributed by atoms with van der Waals surface area (Å²) in [7, 11) is 0. The Morgan fingerprint density at radius 1 is 0.963 bits per heavy atom. The van der Waals surface area contributed by atoms with Crippen molar-refractivity contribution in [3.8, 4) is 0 Å². The highest BCUT2D eigenvalue weighted by atomic mass is 16.7. The molecule has 3 aromatic rings. The van der Waals surface area contributed by atoms with Crippen molar-refractivity contribution in [3.05, 3.63) is 95.3 Å². The Morgan fingerprint density at radius 3 is 2.48 bits per heavy atom. The van der Waals surface area contributed by atoms with Gasteiger partial charge in [-0.3, -0.25) is 14.6 Å². The minimum Gasteiger partial charge on any atom is -0.271 e. The molecule has 1 aliphatic rings. The van der Waals surface area contributed by atoms with Crippen LogP contribution in [0, 0.1) is 0 Å². The van der Waals surface area contributed by atoms with E-state index >= 15 is 0 Å². The molecule has 0 bridgehead atoms. The number of hydrogen-bond donors (Lipinski definition) is 0. The number of nitrogens with zero attached hydrogens (tertiary/aromatic N) is 2. The maximum absolute atomic E-state index is 12.9. The van der Waals surface area contributed by atoms with E-state index in [1.54, 1.807) is 0 Å². The number of fused-ring (bicyclic) bond motifs is 1. The molecule has 4 nitrogen and oxygen atoms in total. The highest BCUT2D eigenvalue weighted by molar-refractivity contribution is 6.05. The van der Waals surface area contributed by atoms with E-state index in [1.165, 1.54) is 10.6 Å². The number of rotatable bonds is 6. The van der Waals surface area contributed by atoms with Crippen LogP contribution in [-0.2, 0) is 22.5 Å². The molecule has 1 atom stereocenters. The van der Waals surface area contributed by atoms with Crippen molar-refractivity contribution in [2.75, 3.05) is 11.7 Å². The van der Waals surface area contributed by atoms with E-state index in [4.69, 9.17) is 4.84 Å². The molecule has 0 aliphatic carbocycles. The molecule has 1 aromatic heterocycles. The summed E-state index contributed by atoms with van der Waals surface area (Å²) in [4.78, 5) is 22.9. The summed E-state index contributed by atoms with van der Waals surface area (Å²) < 4.78 is 0. The summed E-state index contributed by atoms with van der Waals surface area (Å²) in [6, 6.07) is 22.2. The maximum atomic E-state index is 12.9. The number of para-hydroxylation sites is 1. The van der Waals surface area contributed by atoms with Gasteiger partial charge in [0.15, 0.2) is 0 Å². The summed E-state index contributed by atoms with van der Waals surface area (Å²) in [6.45, 7) is 2.35. The van der Waals surface area contributed by atoms with Crippen LogP contribution in [0.5, 0.6) is 0 Å². The van der Waals surface area contributed by atoms with E-state index in [1.807, 2.05) is 55.6 Å². The highest BCUT2D eigenvalue weighted by Gasteiger charge is 2.38. The number of carbonyl (C=O) groups is 1. The Hall–Kier alpha value is -2.98. The largest absolute Gasteiger partial charge is 0.271 e. The summed E-state index contributed by atoms with van der Waals surface area (Å²) >= 11 is 0. The predicted octanol–water partition coefficient (Wildman–Crippen LogP) is 4.30. The zero-order chi connectivity index (χ0) is 18.6. The van der Waals surface area contributed by atoms with E-state index < -0.39 is 0 Å². The van der Waals surface area contributed by atoms with Gasteiger partial charge in [-0.2, -0.15) is 5.06 Å². The van der Waals surface area contributed by atoms with Crippen LogP contribution >= 0.6 is 0 Å². The highest BCUT2D eigenvalue weighted by Crippen LogP contribution is 2.41. The molecular formula is C23H22N2O2. The Balaban J connectivity index is 1.54. The van der Waals surface area contributed by atoms with Crippen LogP contribution < -0.4 is 5.06 Å². The molecule has 136 valence electrons. The van der Waals surface area contributed by atoms with Gasteiger partial charge in [0.2, 0.25) is 0 Å². The molecule has 0 radical (unpaired) electrons. The van der Waals surface area contributed by atoms with E-state index in [2.05, 4.69) is 29.2 Å². The second-order valence-corrected chi connectivity index (χ2v) is 6.60. The first-order valence-electron chi connectivity index (χ1n) is 9.32. The number of amides is 1. The van der Waals surface area contributed by atoms with Gasteiger partial charge in [-0.25, -0.2) is 0 Å². The fourth-order valence-corrected chi connectivity index (χ4v) is 3.57. The van der Waals surface area contributed by atoms with Crippen LogP contribution in [-0.4, -0.2) is 17.5 Å². The minimum atomic E-state index is -0.308. The maximum Gasteiger partial charge on any atom is 0.262 e. The molecule has 1 unspecified atom stereocenters. The lowest BCUT2D eigenvalue weighted by Crippen LogP contribution is -2.29. The van der Waals surface area contributed by atoms with Gasteiger partial charge in [0.1, 0.15) is 0 Å². The normalized spacial score (nSPS) is 15.8. The van der Waals surface area contributed by atoms with Crippen LogP contribution in [0.3, 0.4) is 0 Å². The quantitative estimate of drug-likeness (QED) is 0.660. The van der Waals surface area contributed by atoms with Crippen LogP contribution in [0.25, 0.3) is 0 Å². The standard InChI is InChI=1S/C23H22N2O2/c1-2-27-25-21-9-4-3-8-20(21)22(23(25)26)18-13-10-17(11-14-18)12-15-19-7-5-6-16-24-19/h3-11,13-14,16,22H,2,12,15H2,1H3.